The molecule has 3 rings (SSSR count). The van der Waals surface area contributed by atoms with Gasteiger partial charge in [0.25, 0.3) is 5.91 Å². The summed E-state index contributed by atoms with van der Waals surface area (Å²) < 4.78 is 0. The highest BCUT2D eigenvalue weighted by Gasteiger charge is 2.24. The third-order valence-corrected chi connectivity index (χ3v) is 3.16. The predicted molar refractivity (Wildman–Crippen MR) is 73.5 cm³/mol. The van der Waals surface area contributed by atoms with Gasteiger partial charge in [-0.1, -0.05) is 23.7 Å². The number of rotatable bonds is 1. The molecule has 0 spiro atoms. The fourth-order valence-electron chi connectivity index (χ4n) is 2.08. The first-order valence-electron chi connectivity index (χ1n) is 5.67. The van der Waals surface area contributed by atoms with Crippen molar-refractivity contribution in [3.63, 3.8) is 0 Å². The summed E-state index contributed by atoms with van der Waals surface area (Å²) >= 11 is 5.87. The number of halogens is 1. The number of fused-ring (bicyclic) bond motifs is 1. The van der Waals surface area contributed by atoms with Gasteiger partial charge in [-0.25, -0.2) is 0 Å². The average Bonchev–Trinajstić information content (AvgIpc) is 2.40. The minimum absolute atomic E-state index is 0.0241. The maximum atomic E-state index is 12.1. The second kappa shape index (κ2) is 4.35. The zero-order chi connectivity index (χ0) is 12.5. The number of para-hydroxylation sites is 2. The van der Waals surface area contributed by atoms with Crippen LogP contribution in [0.3, 0.4) is 0 Å². The van der Waals surface area contributed by atoms with E-state index in [0.717, 1.165) is 17.1 Å². The van der Waals surface area contributed by atoms with Crippen LogP contribution in [-0.4, -0.2) is 12.5 Å². The molecule has 1 N–H and O–H groups in total. The molecule has 18 heavy (non-hydrogen) atoms. The van der Waals surface area contributed by atoms with E-state index in [0.29, 0.717) is 11.6 Å². The van der Waals surface area contributed by atoms with Crippen LogP contribution in [0.1, 0.15) is 0 Å². The first kappa shape index (κ1) is 11.1. The first-order chi connectivity index (χ1) is 8.75. The molecule has 1 aliphatic rings. The Labute approximate surface area is 110 Å². The number of nitrogens with zero attached hydrogens (tertiary/aromatic N) is 1. The Kier molecular flexibility index (Phi) is 2.68. The molecule has 0 fully saturated rings. The first-order valence-corrected chi connectivity index (χ1v) is 6.05. The highest BCUT2D eigenvalue weighted by Crippen LogP contribution is 2.35. The van der Waals surface area contributed by atoms with Crippen molar-refractivity contribution in [2.24, 2.45) is 0 Å². The normalized spacial score (nSPS) is 14.1. The molecule has 0 saturated heterocycles. The fourth-order valence-corrected chi connectivity index (χ4v) is 2.20. The number of hydrogen-bond donors (Lipinski definition) is 1. The summed E-state index contributed by atoms with van der Waals surface area (Å²) in [6.07, 6.45) is 0. The van der Waals surface area contributed by atoms with Gasteiger partial charge in [0.05, 0.1) is 17.9 Å². The number of carbonyl (C=O) groups is 1. The SMILES string of the molecule is O=C1CNc2ccccc2N1c1ccc(Cl)cc1. The average molecular weight is 259 g/mol. The van der Waals surface area contributed by atoms with E-state index >= 15 is 0 Å². The van der Waals surface area contributed by atoms with Crippen molar-refractivity contribution >= 4 is 34.6 Å². The molecule has 0 aliphatic carbocycles. The smallest absolute Gasteiger partial charge is 0.250 e. The number of carbonyl (C=O) groups excluding carboxylic acids is 1. The maximum absolute atomic E-state index is 12.1. The van der Waals surface area contributed by atoms with Crippen molar-refractivity contribution in [3.8, 4) is 0 Å². The quantitative estimate of drug-likeness (QED) is 0.850. The molecule has 0 aromatic heterocycles. The zero-order valence-electron chi connectivity index (χ0n) is 9.56. The van der Waals surface area contributed by atoms with Gasteiger partial charge in [0, 0.05) is 10.7 Å². The molecule has 90 valence electrons. The van der Waals surface area contributed by atoms with Crippen molar-refractivity contribution in [2.45, 2.75) is 0 Å². The number of amides is 1. The molecular formula is C14H11ClN2O. The topological polar surface area (TPSA) is 32.3 Å². The van der Waals surface area contributed by atoms with Gasteiger partial charge in [0.15, 0.2) is 0 Å². The predicted octanol–water partition coefficient (Wildman–Crippen LogP) is 3.43. The van der Waals surface area contributed by atoms with Crippen LogP contribution in [0.4, 0.5) is 17.1 Å². The Morgan fingerprint density at radius 1 is 1.06 bits per heavy atom. The second-order valence-electron chi connectivity index (χ2n) is 4.08. The number of hydrogen-bond acceptors (Lipinski definition) is 2. The summed E-state index contributed by atoms with van der Waals surface area (Å²) in [6, 6.07) is 15.0. The summed E-state index contributed by atoms with van der Waals surface area (Å²) in [5, 5.41) is 3.77. The van der Waals surface area contributed by atoms with E-state index in [4.69, 9.17) is 11.6 Å². The molecule has 1 amide bonds. The largest absolute Gasteiger partial charge is 0.374 e. The van der Waals surface area contributed by atoms with Crippen LogP contribution in [0.25, 0.3) is 0 Å². The van der Waals surface area contributed by atoms with E-state index in [-0.39, 0.29) is 5.91 Å². The van der Waals surface area contributed by atoms with Crippen molar-refractivity contribution in [1.29, 1.82) is 0 Å². The van der Waals surface area contributed by atoms with E-state index in [2.05, 4.69) is 5.32 Å². The van der Waals surface area contributed by atoms with E-state index in [9.17, 15) is 4.79 Å². The number of anilines is 3. The third kappa shape index (κ3) is 1.83. The molecule has 0 bridgehead atoms. The lowest BCUT2D eigenvalue weighted by Gasteiger charge is -2.30. The second-order valence-corrected chi connectivity index (χ2v) is 4.51. The highest BCUT2D eigenvalue weighted by atomic mass is 35.5. The van der Waals surface area contributed by atoms with Gasteiger partial charge in [0.1, 0.15) is 0 Å². The van der Waals surface area contributed by atoms with Crippen molar-refractivity contribution in [3.05, 3.63) is 53.6 Å². The monoisotopic (exact) mass is 258 g/mol. The highest BCUT2D eigenvalue weighted by molar-refractivity contribution is 6.30. The van der Waals surface area contributed by atoms with Gasteiger partial charge >= 0.3 is 0 Å². The van der Waals surface area contributed by atoms with Crippen LogP contribution in [0, 0.1) is 0 Å². The fraction of sp³-hybridized carbons (Fsp3) is 0.0714. The lowest BCUT2D eigenvalue weighted by Crippen LogP contribution is -2.36. The van der Waals surface area contributed by atoms with E-state index < -0.39 is 0 Å². The molecule has 1 heterocycles. The molecule has 0 unspecified atom stereocenters. The lowest BCUT2D eigenvalue weighted by molar-refractivity contribution is -0.116. The summed E-state index contributed by atoms with van der Waals surface area (Å²) in [7, 11) is 0. The Bertz CT molecular complexity index is 595. The summed E-state index contributed by atoms with van der Waals surface area (Å²) in [4.78, 5) is 13.8. The molecule has 0 saturated carbocycles. The standard InChI is InChI=1S/C14H11ClN2O/c15-10-5-7-11(8-6-10)17-13-4-2-1-3-12(13)16-9-14(17)18/h1-8,16H,9H2. The van der Waals surface area contributed by atoms with Gasteiger partial charge in [-0.2, -0.15) is 0 Å². The van der Waals surface area contributed by atoms with Crippen molar-refractivity contribution < 1.29 is 4.79 Å². The molecule has 2 aromatic rings. The Morgan fingerprint density at radius 2 is 1.78 bits per heavy atom. The summed E-state index contributed by atoms with van der Waals surface area (Å²) in [6.45, 7) is 0.305. The summed E-state index contributed by atoms with van der Waals surface area (Å²) in [5.41, 5.74) is 2.67. The number of nitrogens with one attached hydrogen (secondary N) is 1. The number of benzene rings is 2. The van der Waals surface area contributed by atoms with Crippen LogP contribution in [0.15, 0.2) is 48.5 Å². The molecule has 0 radical (unpaired) electrons. The van der Waals surface area contributed by atoms with E-state index in [1.807, 2.05) is 36.4 Å². The van der Waals surface area contributed by atoms with Crippen LogP contribution >= 0.6 is 11.6 Å². The lowest BCUT2D eigenvalue weighted by atomic mass is 10.1. The minimum Gasteiger partial charge on any atom is -0.374 e. The Hall–Kier alpha value is -2.00. The van der Waals surface area contributed by atoms with E-state index in [1.165, 1.54) is 0 Å². The molecule has 3 nitrogen and oxygen atoms in total. The van der Waals surface area contributed by atoms with Gasteiger partial charge in [-0.3, -0.25) is 9.69 Å². The molecule has 2 aromatic carbocycles. The van der Waals surface area contributed by atoms with E-state index in [1.54, 1.807) is 17.0 Å². The van der Waals surface area contributed by atoms with Crippen LogP contribution < -0.4 is 10.2 Å². The van der Waals surface area contributed by atoms with Gasteiger partial charge < -0.3 is 5.32 Å². The molecule has 1 aliphatic heterocycles. The molecule has 4 heteroatoms. The third-order valence-electron chi connectivity index (χ3n) is 2.91. The van der Waals surface area contributed by atoms with Crippen LogP contribution in [0.2, 0.25) is 5.02 Å². The van der Waals surface area contributed by atoms with Gasteiger partial charge in [0.2, 0.25) is 0 Å². The van der Waals surface area contributed by atoms with Crippen LogP contribution in [-0.2, 0) is 4.79 Å². The Morgan fingerprint density at radius 3 is 2.56 bits per heavy atom. The minimum atomic E-state index is 0.0241. The molecular weight excluding hydrogens is 248 g/mol. The van der Waals surface area contributed by atoms with Crippen molar-refractivity contribution in [1.82, 2.24) is 0 Å². The summed E-state index contributed by atoms with van der Waals surface area (Å²) in [5.74, 6) is 0.0241. The molecule has 0 atom stereocenters. The maximum Gasteiger partial charge on any atom is 0.250 e. The Balaban J connectivity index is 2.10. The van der Waals surface area contributed by atoms with Crippen LogP contribution in [0.5, 0.6) is 0 Å². The van der Waals surface area contributed by atoms with Gasteiger partial charge in [-0.05, 0) is 36.4 Å². The zero-order valence-corrected chi connectivity index (χ0v) is 10.3. The van der Waals surface area contributed by atoms with Crippen molar-refractivity contribution in [2.75, 3.05) is 16.8 Å². The van der Waals surface area contributed by atoms with Gasteiger partial charge in [-0.15, -0.1) is 0 Å².